The van der Waals surface area contributed by atoms with Crippen LogP contribution in [0.2, 0.25) is 0 Å². The van der Waals surface area contributed by atoms with E-state index in [1.54, 1.807) is 0 Å². The lowest BCUT2D eigenvalue weighted by Gasteiger charge is -2.24. The first-order chi connectivity index (χ1) is 14.0. The molecule has 1 saturated heterocycles. The maximum atomic E-state index is 12.6. The van der Waals surface area contributed by atoms with Crippen molar-refractivity contribution in [3.05, 3.63) is 0 Å². The van der Waals surface area contributed by atoms with E-state index in [1.807, 2.05) is 5.32 Å². The molecule has 14 nitrogen and oxygen atoms in total. The number of primary amides is 2. The van der Waals surface area contributed by atoms with E-state index in [0.29, 0.717) is 13.0 Å². The molecule has 30 heavy (non-hydrogen) atoms. The van der Waals surface area contributed by atoms with Crippen LogP contribution in [0.5, 0.6) is 0 Å². The summed E-state index contributed by atoms with van der Waals surface area (Å²) in [4.78, 5) is 70.6. The Kier molecular flexibility index (Phi) is 9.64. The lowest BCUT2D eigenvalue weighted by atomic mass is 10.1. The van der Waals surface area contributed by atoms with Gasteiger partial charge in [-0.1, -0.05) is 0 Å². The van der Waals surface area contributed by atoms with Crippen molar-refractivity contribution in [2.45, 2.75) is 49.9 Å². The molecule has 0 aromatic heterocycles. The van der Waals surface area contributed by atoms with Crippen molar-refractivity contribution < 1.29 is 39.0 Å². The minimum atomic E-state index is -1.68. The number of rotatable bonds is 12. The molecule has 0 aliphatic carbocycles. The van der Waals surface area contributed by atoms with Crippen molar-refractivity contribution in [3.8, 4) is 0 Å². The first kappa shape index (κ1) is 24.8. The van der Waals surface area contributed by atoms with Gasteiger partial charge in [0.15, 0.2) is 0 Å². The Hall–Kier alpha value is -3.26. The van der Waals surface area contributed by atoms with Crippen LogP contribution in [0, 0.1) is 0 Å². The summed E-state index contributed by atoms with van der Waals surface area (Å²) in [5.41, 5.74) is 10.2. The van der Waals surface area contributed by atoms with Gasteiger partial charge in [0, 0.05) is 0 Å². The molecule has 168 valence electrons. The SMILES string of the molecule is NC(=O)CC(NC(=O)C(CC(N)=O)NC(=O)C1CCCN1)C(=O)NC(CO)C(=O)O. The number of carboxylic acids is 1. The van der Waals surface area contributed by atoms with Crippen molar-refractivity contribution in [1.29, 1.82) is 0 Å². The molecule has 10 N–H and O–H groups in total. The maximum Gasteiger partial charge on any atom is 0.328 e. The minimum Gasteiger partial charge on any atom is -0.480 e. The normalized spacial score (nSPS) is 18.5. The summed E-state index contributed by atoms with van der Waals surface area (Å²) < 4.78 is 0. The Balaban J connectivity index is 2.90. The van der Waals surface area contributed by atoms with Crippen LogP contribution < -0.4 is 32.7 Å². The van der Waals surface area contributed by atoms with Crippen molar-refractivity contribution in [2.24, 2.45) is 11.5 Å². The van der Waals surface area contributed by atoms with E-state index in [0.717, 1.165) is 6.42 Å². The second-order valence-corrected chi connectivity index (χ2v) is 6.69. The Morgan fingerprint density at radius 2 is 1.40 bits per heavy atom. The zero-order chi connectivity index (χ0) is 22.8. The highest BCUT2D eigenvalue weighted by Gasteiger charge is 2.32. The van der Waals surface area contributed by atoms with Crippen LogP contribution >= 0.6 is 0 Å². The molecule has 1 aliphatic heterocycles. The van der Waals surface area contributed by atoms with E-state index in [-0.39, 0.29) is 0 Å². The maximum absolute atomic E-state index is 12.6. The van der Waals surface area contributed by atoms with Gasteiger partial charge in [-0.05, 0) is 19.4 Å². The van der Waals surface area contributed by atoms with E-state index >= 15 is 0 Å². The number of nitrogens with one attached hydrogen (secondary N) is 4. The quantitative estimate of drug-likeness (QED) is 0.147. The molecular weight excluding hydrogens is 404 g/mol. The molecule has 0 aromatic carbocycles. The topological polar surface area (TPSA) is 243 Å². The molecule has 0 aromatic rings. The van der Waals surface area contributed by atoms with Crippen molar-refractivity contribution >= 4 is 35.5 Å². The molecule has 0 saturated carbocycles. The molecule has 0 radical (unpaired) electrons. The monoisotopic (exact) mass is 430 g/mol. The number of amides is 5. The molecular formula is C16H26N6O8. The van der Waals surface area contributed by atoms with Crippen molar-refractivity contribution in [1.82, 2.24) is 21.3 Å². The molecule has 1 rings (SSSR count). The van der Waals surface area contributed by atoms with Gasteiger partial charge in [-0.15, -0.1) is 0 Å². The summed E-state index contributed by atoms with van der Waals surface area (Å²) in [5.74, 6) is -6.09. The zero-order valence-corrected chi connectivity index (χ0v) is 16.1. The second-order valence-electron chi connectivity index (χ2n) is 6.69. The number of carboxylic acid groups (broad SMARTS) is 1. The Labute approximate surface area is 171 Å². The molecule has 0 bridgehead atoms. The Morgan fingerprint density at radius 1 is 0.900 bits per heavy atom. The van der Waals surface area contributed by atoms with Gasteiger partial charge >= 0.3 is 5.97 Å². The van der Waals surface area contributed by atoms with E-state index in [4.69, 9.17) is 21.7 Å². The zero-order valence-electron chi connectivity index (χ0n) is 16.1. The van der Waals surface area contributed by atoms with E-state index in [2.05, 4.69) is 16.0 Å². The number of hydrogen-bond donors (Lipinski definition) is 8. The minimum absolute atomic E-state index is 0.529. The molecule has 0 spiro atoms. The van der Waals surface area contributed by atoms with Crippen LogP contribution in [0.15, 0.2) is 0 Å². The number of nitrogens with two attached hydrogens (primary N) is 2. The highest BCUT2D eigenvalue weighted by Crippen LogP contribution is 2.06. The van der Waals surface area contributed by atoms with Crippen LogP contribution in [0.4, 0.5) is 0 Å². The molecule has 14 heteroatoms. The molecule has 4 unspecified atom stereocenters. The summed E-state index contributed by atoms with van der Waals surface area (Å²) in [6.45, 7) is -0.325. The third kappa shape index (κ3) is 8.00. The average Bonchev–Trinajstić information content (AvgIpc) is 3.18. The predicted molar refractivity (Wildman–Crippen MR) is 99.2 cm³/mol. The lowest BCUT2D eigenvalue weighted by molar-refractivity contribution is -0.143. The van der Waals surface area contributed by atoms with Gasteiger partial charge in [-0.2, -0.15) is 0 Å². The largest absolute Gasteiger partial charge is 0.480 e. The number of aliphatic hydroxyl groups excluding tert-OH is 1. The van der Waals surface area contributed by atoms with Crippen LogP contribution in [0.3, 0.4) is 0 Å². The van der Waals surface area contributed by atoms with E-state index in [1.165, 1.54) is 0 Å². The number of carbonyl (C=O) groups excluding carboxylic acids is 5. The highest BCUT2D eigenvalue weighted by atomic mass is 16.4. The van der Waals surface area contributed by atoms with Crippen LogP contribution in [0.25, 0.3) is 0 Å². The van der Waals surface area contributed by atoms with Gasteiger partial charge in [0.1, 0.15) is 18.1 Å². The first-order valence-electron chi connectivity index (χ1n) is 9.09. The van der Waals surface area contributed by atoms with Crippen molar-refractivity contribution in [3.63, 3.8) is 0 Å². The van der Waals surface area contributed by atoms with Gasteiger partial charge in [0.05, 0.1) is 25.5 Å². The fourth-order valence-electron chi connectivity index (χ4n) is 2.73. The lowest BCUT2D eigenvalue weighted by Crippen LogP contribution is -2.58. The fraction of sp³-hybridized carbons (Fsp3) is 0.625. The summed E-state index contributed by atoms with van der Waals surface area (Å²) in [5, 5.41) is 27.3. The molecule has 1 aliphatic rings. The third-order valence-corrected chi connectivity index (χ3v) is 4.25. The average molecular weight is 430 g/mol. The van der Waals surface area contributed by atoms with Gasteiger partial charge in [0.2, 0.25) is 29.5 Å². The summed E-state index contributed by atoms with van der Waals surface area (Å²) >= 11 is 0. The number of aliphatic hydroxyl groups is 1. The third-order valence-electron chi connectivity index (χ3n) is 4.25. The van der Waals surface area contributed by atoms with Crippen molar-refractivity contribution in [2.75, 3.05) is 13.2 Å². The number of carbonyl (C=O) groups is 6. The van der Waals surface area contributed by atoms with Gasteiger partial charge < -0.3 is 42.9 Å². The summed E-state index contributed by atoms with van der Waals surface area (Å²) in [6, 6.07) is -5.29. The van der Waals surface area contributed by atoms with Crippen LogP contribution in [-0.4, -0.2) is 83.0 Å². The smallest absolute Gasteiger partial charge is 0.328 e. The van der Waals surface area contributed by atoms with E-state index in [9.17, 15) is 28.8 Å². The Bertz CT molecular complexity index is 693. The number of hydrogen-bond acceptors (Lipinski definition) is 8. The molecule has 1 fully saturated rings. The summed E-state index contributed by atoms with van der Waals surface area (Å²) in [7, 11) is 0. The fourth-order valence-corrected chi connectivity index (χ4v) is 2.73. The predicted octanol–water partition coefficient (Wildman–Crippen LogP) is -4.98. The van der Waals surface area contributed by atoms with Crippen LogP contribution in [0.1, 0.15) is 25.7 Å². The molecule has 4 atom stereocenters. The highest BCUT2D eigenvalue weighted by molar-refractivity contribution is 5.97. The van der Waals surface area contributed by atoms with Gasteiger partial charge in [-0.25, -0.2) is 4.79 Å². The van der Waals surface area contributed by atoms with Gasteiger partial charge in [-0.3, -0.25) is 24.0 Å². The van der Waals surface area contributed by atoms with Crippen LogP contribution in [-0.2, 0) is 28.8 Å². The van der Waals surface area contributed by atoms with E-state index < -0.39 is 79.1 Å². The number of aliphatic carboxylic acids is 1. The summed E-state index contributed by atoms with van der Waals surface area (Å²) in [6.07, 6.45) is 0.00275. The second kappa shape index (κ2) is 11.7. The standard InChI is InChI=1S/C16H26N6O8/c17-11(24)4-8(20-13(26)7-2-1-3-19-7)14(27)21-9(5-12(18)25)15(28)22-10(6-23)16(29)30/h7-10,19,23H,1-6H2,(H2,17,24)(H2,18,25)(H,20,26)(H,21,27)(H,22,28)(H,29,30). The Morgan fingerprint density at radius 3 is 1.80 bits per heavy atom. The van der Waals surface area contributed by atoms with Gasteiger partial charge in [0.25, 0.3) is 0 Å². The molecule has 5 amide bonds. The molecule has 1 heterocycles. The first-order valence-corrected chi connectivity index (χ1v) is 9.09.